The van der Waals surface area contributed by atoms with E-state index in [1.807, 2.05) is 0 Å². The van der Waals surface area contributed by atoms with Gasteiger partial charge >= 0.3 is 5.69 Å². The molecule has 17 heavy (non-hydrogen) atoms. The van der Waals surface area contributed by atoms with Gasteiger partial charge in [-0.05, 0) is 6.42 Å². The Hall–Kier alpha value is -1.15. The van der Waals surface area contributed by atoms with Crippen molar-refractivity contribution in [2.24, 2.45) is 0 Å². The van der Waals surface area contributed by atoms with Crippen LogP contribution in [0.15, 0.2) is 15.8 Å². The van der Waals surface area contributed by atoms with Gasteiger partial charge in [-0.1, -0.05) is 0 Å². The van der Waals surface area contributed by atoms with Gasteiger partial charge in [0.2, 0.25) is 0 Å². The lowest BCUT2D eigenvalue weighted by atomic mass is 10.3. The van der Waals surface area contributed by atoms with E-state index in [1.165, 1.54) is 6.20 Å². The molecule has 2 rings (SSSR count). The molecule has 8 heteroatoms. The fraction of sp³-hybridized carbons (Fsp3) is 0.444. The van der Waals surface area contributed by atoms with Crippen molar-refractivity contribution in [2.45, 2.75) is 18.2 Å². The largest absolute Gasteiger partial charge is 0.329 e. The first-order valence-electron chi connectivity index (χ1n) is 5.08. The molecule has 0 saturated heterocycles. The highest BCUT2D eigenvalue weighted by molar-refractivity contribution is 7.84. The number of fused-ring (bicyclic) bond motifs is 1. The molecular formula is C9H12N4O2S2. The molecule has 0 spiro atoms. The van der Waals surface area contributed by atoms with E-state index in [-0.39, 0.29) is 10.8 Å². The predicted octanol–water partition coefficient (Wildman–Crippen LogP) is 0.0312. The number of aromatic nitrogens is 4. The van der Waals surface area contributed by atoms with Crippen LogP contribution in [0.1, 0.15) is 6.42 Å². The molecule has 0 amide bonds. The van der Waals surface area contributed by atoms with Gasteiger partial charge in [-0.25, -0.2) is 4.79 Å². The zero-order valence-electron chi connectivity index (χ0n) is 8.88. The van der Waals surface area contributed by atoms with E-state index in [0.29, 0.717) is 29.8 Å². The molecular weight excluding hydrogens is 260 g/mol. The van der Waals surface area contributed by atoms with Crippen molar-refractivity contribution in [3.8, 4) is 0 Å². The highest BCUT2D eigenvalue weighted by Gasteiger charge is 2.10. The monoisotopic (exact) mass is 272 g/mol. The van der Waals surface area contributed by atoms with Crippen LogP contribution in [-0.4, -0.2) is 30.8 Å². The molecule has 6 nitrogen and oxygen atoms in total. The summed E-state index contributed by atoms with van der Waals surface area (Å²) in [6.45, 7) is 0.323. The van der Waals surface area contributed by atoms with E-state index in [2.05, 4.69) is 40.4 Å². The van der Waals surface area contributed by atoms with Gasteiger partial charge in [-0.3, -0.25) is 19.4 Å². The summed E-state index contributed by atoms with van der Waals surface area (Å²) in [6, 6.07) is 0. The van der Waals surface area contributed by atoms with Crippen LogP contribution in [0.4, 0.5) is 0 Å². The standard InChI is InChI=1S/C9H12N4O2S2/c14-8-6-3-10-12-7(6)11-9(15)13(8)2-1-5(17)4-16/h3,5,16-17H,1-2,4H2,(H2,10,11,12,15)/t5-/m1/s1. The highest BCUT2D eigenvalue weighted by Crippen LogP contribution is 2.04. The maximum atomic E-state index is 12.0. The van der Waals surface area contributed by atoms with Gasteiger partial charge in [0.15, 0.2) is 0 Å². The Morgan fingerprint density at radius 3 is 2.94 bits per heavy atom. The maximum Gasteiger partial charge on any atom is 0.329 e. The smallest absolute Gasteiger partial charge is 0.292 e. The number of nitrogens with zero attached hydrogens (tertiary/aromatic N) is 2. The maximum absolute atomic E-state index is 12.0. The molecule has 0 aliphatic rings. The molecule has 92 valence electrons. The first kappa shape index (κ1) is 12.3. The molecule has 0 aliphatic heterocycles. The van der Waals surface area contributed by atoms with Crippen molar-refractivity contribution in [1.82, 2.24) is 19.7 Å². The zero-order chi connectivity index (χ0) is 12.4. The normalized spacial score (nSPS) is 13.1. The first-order valence-corrected chi connectivity index (χ1v) is 6.23. The number of hydrogen-bond donors (Lipinski definition) is 4. The van der Waals surface area contributed by atoms with Crippen molar-refractivity contribution in [2.75, 3.05) is 5.75 Å². The molecule has 2 aromatic heterocycles. The number of rotatable bonds is 4. The molecule has 2 N–H and O–H groups in total. The molecule has 2 aromatic rings. The van der Waals surface area contributed by atoms with Gasteiger partial charge in [-0.2, -0.15) is 30.4 Å². The summed E-state index contributed by atoms with van der Waals surface area (Å²) in [5.74, 6) is 0.601. The van der Waals surface area contributed by atoms with E-state index in [1.54, 1.807) is 0 Å². The summed E-state index contributed by atoms with van der Waals surface area (Å²) >= 11 is 8.37. The van der Waals surface area contributed by atoms with E-state index in [0.717, 1.165) is 4.57 Å². The molecule has 0 aliphatic carbocycles. The third-order valence-electron chi connectivity index (χ3n) is 2.49. The number of thiol groups is 2. The molecule has 0 saturated carbocycles. The minimum Gasteiger partial charge on any atom is -0.292 e. The lowest BCUT2D eigenvalue weighted by Crippen LogP contribution is -2.35. The van der Waals surface area contributed by atoms with E-state index in [4.69, 9.17) is 0 Å². The van der Waals surface area contributed by atoms with Gasteiger partial charge < -0.3 is 0 Å². The Bertz CT molecular complexity index is 630. The summed E-state index contributed by atoms with van der Waals surface area (Å²) in [5.41, 5.74) is -0.420. The Morgan fingerprint density at radius 2 is 2.24 bits per heavy atom. The molecule has 0 bridgehead atoms. The quantitative estimate of drug-likeness (QED) is 0.593. The van der Waals surface area contributed by atoms with Crippen molar-refractivity contribution >= 4 is 36.3 Å². The van der Waals surface area contributed by atoms with Crippen LogP contribution in [0.5, 0.6) is 0 Å². The van der Waals surface area contributed by atoms with Gasteiger partial charge in [0.25, 0.3) is 5.56 Å². The molecule has 0 fully saturated rings. The predicted molar refractivity (Wildman–Crippen MR) is 72.2 cm³/mol. The first-order chi connectivity index (χ1) is 8.13. The Labute approximate surface area is 107 Å². The van der Waals surface area contributed by atoms with Crippen molar-refractivity contribution in [1.29, 1.82) is 0 Å². The molecule has 1 atom stereocenters. The molecule has 0 aromatic carbocycles. The van der Waals surface area contributed by atoms with Gasteiger partial charge in [-0.15, -0.1) is 0 Å². The number of hydrogen-bond acceptors (Lipinski definition) is 5. The van der Waals surface area contributed by atoms with Gasteiger partial charge in [0.05, 0.1) is 6.20 Å². The molecule has 2 heterocycles. The van der Waals surface area contributed by atoms with E-state index in [9.17, 15) is 9.59 Å². The number of nitrogens with one attached hydrogen (secondary N) is 2. The Morgan fingerprint density at radius 1 is 1.47 bits per heavy atom. The summed E-state index contributed by atoms with van der Waals surface area (Å²) in [4.78, 5) is 26.2. The number of H-pyrrole nitrogens is 2. The molecule has 0 radical (unpaired) electrons. The minimum atomic E-state index is -0.438. The van der Waals surface area contributed by atoms with Gasteiger partial charge in [0.1, 0.15) is 11.0 Å². The van der Waals surface area contributed by atoms with Crippen LogP contribution >= 0.6 is 25.3 Å². The Kier molecular flexibility index (Phi) is 3.63. The van der Waals surface area contributed by atoms with Crippen molar-refractivity contribution in [3.05, 3.63) is 27.0 Å². The zero-order valence-corrected chi connectivity index (χ0v) is 10.7. The van der Waals surface area contributed by atoms with Crippen LogP contribution in [0.2, 0.25) is 0 Å². The van der Waals surface area contributed by atoms with Crippen LogP contribution in [-0.2, 0) is 6.54 Å². The fourth-order valence-electron chi connectivity index (χ4n) is 1.53. The fourth-order valence-corrected chi connectivity index (χ4v) is 1.83. The minimum absolute atomic E-state index is 0.0599. The third-order valence-corrected chi connectivity index (χ3v) is 3.66. The lowest BCUT2D eigenvalue weighted by Gasteiger charge is -2.08. The average molecular weight is 272 g/mol. The lowest BCUT2D eigenvalue weighted by molar-refractivity contribution is 0.599. The van der Waals surface area contributed by atoms with E-state index < -0.39 is 5.69 Å². The van der Waals surface area contributed by atoms with Gasteiger partial charge in [0, 0.05) is 17.5 Å². The van der Waals surface area contributed by atoms with Crippen molar-refractivity contribution in [3.63, 3.8) is 0 Å². The Balaban J connectivity index is 2.40. The van der Waals surface area contributed by atoms with Crippen LogP contribution in [0, 0.1) is 0 Å². The summed E-state index contributed by atoms with van der Waals surface area (Å²) in [5, 5.41) is 6.72. The topological polar surface area (TPSA) is 83.5 Å². The second kappa shape index (κ2) is 5.01. The van der Waals surface area contributed by atoms with Crippen LogP contribution in [0.25, 0.3) is 11.0 Å². The summed E-state index contributed by atoms with van der Waals surface area (Å²) < 4.78 is 1.16. The molecule has 0 unspecified atom stereocenters. The second-order valence-electron chi connectivity index (χ2n) is 3.67. The SMILES string of the molecule is O=c1[nH]c2[nH]ncc2c(=O)n1CC[C@@H](S)CS. The highest BCUT2D eigenvalue weighted by atomic mass is 32.1. The van der Waals surface area contributed by atoms with Crippen LogP contribution in [0.3, 0.4) is 0 Å². The van der Waals surface area contributed by atoms with E-state index >= 15 is 0 Å². The third kappa shape index (κ3) is 2.42. The summed E-state index contributed by atoms with van der Waals surface area (Å²) in [6.07, 6.45) is 2.01. The van der Waals surface area contributed by atoms with Crippen molar-refractivity contribution < 1.29 is 0 Å². The average Bonchev–Trinajstić information content (AvgIpc) is 2.76. The summed E-state index contributed by atoms with van der Waals surface area (Å²) in [7, 11) is 0. The second-order valence-corrected chi connectivity index (χ2v) is 4.77. The number of aromatic amines is 2. The van der Waals surface area contributed by atoms with Crippen LogP contribution < -0.4 is 11.2 Å².